The zero-order valence-corrected chi connectivity index (χ0v) is 19.4. The van der Waals surface area contributed by atoms with E-state index in [1.54, 1.807) is 48.5 Å². The molecule has 1 N–H and O–H groups in total. The van der Waals surface area contributed by atoms with Crippen LogP contribution in [0.2, 0.25) is 5.02 Å². The van der Waals surface area contributed by atoms with Crippen molar-refractivity contribution in [2.24, 2.45) is 0 Å². The summed E-state index contributed by atoms with van der Waals surface area (Å²) in [5.41, 5.74) is 2.48. The standard InChI is InChI=1S/C24H17ClFIN2O2/c1-31-23-12-15(11-22(27)20(23)13-16-4-2-3-5-21(16)26)10-17(14-28)24(30)29-19-8-6-18(25)7-9-19/h2-12H,13H2,1H3,(H,29,30)/b17-10+. The molecule has 7 heteroatoms. The summed E-state index contributed by atoms with van der Waals surface area (Å²) in [7, 11) is 1.53. The Kier molecular flexibility index (Phi) is 7.66. The minimum atomic E-state index is -0.533. The Morgan fingerprint density at radius 2 is 1.94 bits per heavy atom. The van der Waals surface area contributed by atoms with Crippen molar-refractivity contribution in [2.45, 2.75) is 6.42 Å². The molecule has 0 aliphatic rings. The van der Waals surface area contributed by atoms with E-state index in [1.807, 2.05) is 12.1 Å². The fourth-order valence-corrected chi connectivity index (χ4v) is 3.89. The van der Waals surface area contributed by atoms with Gasteiger partial charge in [0.1, 0.15) is 23.2 Å². The Morgan fingerprint density at radius 3 is 2.58 bits per heavy atom. The molecule has 0 saturated heterocycles. The van der Waals surface area contributed by atoms with Crippen molar-refractivity contribution in [1.82, 2.24) is 0 Å². The fourth-order valence-electron chi connectivity index (χ4n) is 2.95. The summed E-state index contributed by atoms with van der Waals surface area (Å²) in [6, 6.07) is 18.7. The van der Waals surface area contributed by atoms with Crippen LogP contribution < -0.4 is 10.1 Å². The van der Waals surface area contributed by atoms with E-state index in [0.717, 1.165) is 9.13 Å². The van der Waals surface area contributed by atoms with Gasteiger partial charge in [-0.05, 0) is 82.3 Å². The van der Waals surface area contributed by atoms with Gasteiger partial charge in [0.25, 0.3) is 5.91 Å². The lowest BCUT2D eigenvalue weighted by molar-refractivity contribution is -0.112. The molecule has 0 aliphatic carbocycles. The van der Waals surface area contributed by atoms with Crippen LogP contribution in [-0.2, 0) is 11.2 Å². The van der Waals surface area contributed by atoms with E-state index in [2.05, 4.69) is 27.9 Å². The molecule has 3 aromatic rings. The van der Waals surface area contributed by atoms with Crippen LogP contribution in [0, 0.1) is 20.7 Å². The Morgan fingerprint density at radius 1 is 1.23 bits per heavy atom. The highest BCUT2D eigenvalue weighted by atomic mass is 127. The molecule has 3 rings (SSSR count). The Bertz CT molecular complexity index is 1190. The molecular weight excluding hydrogens is 530 g/mol. The van der Waals surface area contributed by atoms with E-state index >= 15 is 0 Å². The highest BCUT2D eigenvalue weighted by Gasteiger charge is 2.15. The summed E-state index contributed by atoms with van der Waals surface area (Å²) in [4.78, 5) is 12.5. The summed E-state index contributed by atoms with van der Waals surface area (Å²) in [6.07, 6.45) is 1.85. The van der Waals surface area contributed by atoms with E-state index in [4.69, 9.17) is 16.3 Å². The maximum atomic E-state index is 14.1. The Hall–Kier alpha value is -2.89. The molecular formula is C24H17ClFIN2O2. The molecule has 0 radical (unpaired) electrons. The second kappa shape index (κ2) is 10.4. The lowest BCUT2D eigenvalue weighted by Gasteiger charge is -2.13. The average Bonchev–Trinajstić information content (AvgIpc) is 2.76. The lowest BCUT2D eigenvalue weighted by atomic mass is 10.0. The third-order valence-corrected chi connectivity index (χ3v) is 5.71. The second-order valence-corrected chi connectivity index (χ2v) is 8.18. The first kappa shape index (κ1) is 22.8. The predicted molar refractivity (Wildman–Crippen MR) is 129 cm³/mol. The number of nitrogens with zero attached hydrogens (tertiary/aromatic N) is 1. The molecule has 0 unspecified atom stereocenters. The number of halogens is 3. The van der Waals surface area contributed by atoms with Crippen molar-refractivity contribution >= 4 is 51.9 Å². The van der Waals surface area contributed by atoms with Crippen molar-refractivity contribution in [3.8, 4) is 11.8 Å². The number of anilines is 1. The quantitative estimate of drug-likeness (QED) is 0.227. The highest BCUT2D eigenvalue weighted by Crippen LogP contribution is 2.30. The van der Waals surface area contributed by atoms with Crippen LogP contribution in [0.15, 0.2) is 66.2 Å². The molecule has 0 saturated carbocycles. The van der Waals surface area contributed by atoms with Crippen LogP contribution in [0.4, 0.5) is 10.1 Å². The molecule has 4 nitrogen and oxygen atoms in total. The normalized spacial score (nSPS) is 11.0. The van der Waals surface area contributed by atoms with Gasteiger partial charge < -0.3 is 10.1 Å². The summed E-state index contributed by atoms with van der Waals surface area (Å²) in [5.74, 6) is -0.263. The van der Waals surface area contributed by atoms with Crippen molar-refractivity contribution in [3.63, 3.8) is 0 Å². The van der Waals surface area contributed by atoms with Crippen LogP contribution in [0.5, 0.6) is 5.75 Å². The second-order valence-electron chi connectivity index (χ2n) is 6.58. The Balaban J connectivity index is 1.89. The van der Waals surface area contributed by atoms with Crippen molar-refractivity contribution in [1.29, 1.82) is 5.26 Å². The van der Waals surface area contributed by atoms with Crippen LogP contribution in [-0.4, -0.2) is 13.0 Å². The van der Waals surface area contributed by atoms with Gasteiger partial charge in [0.15, 0.2) is 0 Å². The molecule has 0 aliphatic heterocycles. The minimum absolute atomic E-state index is 0.0605. The lowest BCUT2D eigenvalue weighted by Crippen LogP contribution is -2.13. The molecule has 0 atom stereocenters. The van der Waals surface area contributed by atoms with Gasteiger partial charge in [-0.2, -0.15) is 5.26 Å². The number of amides is 1. The van der Waals surface area contributed by atoms with Crippen molar-refractivity contribution < 1.29 is 13.9 Å². The minimum Gasteiger partial charge on any atom is -0.496 e. The molecule has 156 valence electrons. The summed E-state index contributed by atoms with van der Waals surface area (Å²) in [6.45, 7) is 0. The Labute approximate surface area is 198 Å². The fraction of sp³-hybridized carbons (Fsp3) is 0.0833. The maximum Gasteiger partial charge on any atom is 0.266 e. The zero-order chi connectivity index (χ0) is 22.4. The number of rotatable bonds is 6. The highest BCUT2D eigenvalue weighted by molar-refractivity contribution is 14.1. The molecule has 0 spiro atoms. The predicted octanol–water partition coefficient (Wildman–Crippen LogP) is 6.23. The first-order chi connectivity index (χ1) is 14.9. The van der Waals surface area contributed by atoms with E-state index in [1.165, 1.54) is 19.3 Å². The molecule has 3 aromatic carbocycles. The van der Waals surface area contributed by atoms with Crippen LogP contribution >= 0.6 is 34.2 Å². The van der Waals surface area contributed by atoms with Crippen LogP contribution in [0.3, 0.4) is 0 Å². The van der Waals surface area contributed by atoms with Gasteiger partial charge in [-0.25, -0.2) is 4.39 Å². The van der Waals surface area contributed by atoms with Crippen LogP contribution in [0.25, 0.3) is 6.08 Å². The number of hydrogen-bond donors (Lipinski definition) is 1. The van der Waals surface area contributed by atoms with Gasteiger partial charge >= 0.3 is 0 Å². The van der Waals surface area contributed by atoms with Crippen molar-refractivity contribution in [3.05, 3.63) is 97.3 Å². The molecule has 1 amide bonds. The summed E-state index contributed by atoms with van der Waals surface area (Å²) < 4.78 is 20.4. The van der Waals surface area contributed by atoms with Gasteiger partial charge in [-0.15, -0.1) is 0 Å². The van der Waals surface area contributed by atoms with E-state index in [-0.39, 0.29) is 11.4 Å². The first-order valence-corrected chi connectivity index (χ1v) is 10.7. The number of nitrogens with one attached hydrogen (secondary N) is 1. The third-order valence-electron chi connectivity index (χ3n) is 4.50. The summed E-state index contributed by atoms with van der Waals surface area (Å²) in [5, 5.41) is 12.7. The third kappa shape index (κ3) is 5.84. The number of nitriles is 1. The number of benzene rings is 3. The SMILES string of the molecule is COc1cc(/C=C(\C#N)C(=O)Nc2ccc(Cl)cc2)cc(I)c1Cc1ccccc1F. The molecule has 0 bridgehead atoms. The van der Waals surface area contributed by atoms with Gasteiger partial charge in [0.05, 0.1) is 7.11 Å². The van der Waals surface area contributed by atoms with Gasteiger partial charge in [-0.3, -0.25) is 4.79 Å². The van der Waals surface area contributed by atoms with Gasteiger partial charge in [0.2, 0.25) is 0 Å². The van der Waals surface area contributed by atoms with E-state index in [9.17, 15) is 14.4 Å². The monoisotopic (exact) mass is 546 g/mol. The molecule has 0 aromatic heterocycles. The van der Waals surface area contributed by atoms with Gasteiger partial charge in [0, 0.05) is 26.3 Å². The average molecular weight is 547 g/mol. The van der Waals surface area contributed by atoms with E-state index in [0.29, 0.717) is 34.0 Å². The van der Waals surface area contributed by atoms with Crippen molar-refractivity contribution in [2.75, 3.05) is 12.4 Å². The maximum absolute atomic E-state index is 14.1. The largest absolute Gasteiger partial charge is 0.496 e. The van der Waals surface area contributed by atoms with Crippen LogP contribution in [0.1, 0.15) is 16.7 Å². The number of hydrogen-bond acceptors (Lipinski definition) is 3. The molecule has 0 heterocycles. The topological polar surface area (TPSA) is 62.1 Å². The van der Waals surface area contributed by atoms with Gasteiger partial charge in [-0.1, -0.05) is 29.8 Å². The first-order valence-electron chi connectivity index (χ1n) is 9.19. The summed E-state index contributed by atoms with van der Waals surface area (Å²) >= 11 is 7.99. The smallest absolute Gasteiger partial charge is 0.266 e. The number of ether oxygens (including phenoxy) is 1. The molecule has 0 fully saturated rings. The number of carbonyl (C=O) groups is 1. The number of methoxy groups -OCH3 is 1. The molecule has 31 heavy (non-hydrogen) atoms. The zero-order valence-electron chi connectivity index (χ0n) is 16.5. The van der Waals surface area contributed by atoms with E-state index < -0.39 is 5.91 Å². The number of carbonyl (C=O) groups excluding carboxylic acids is 1.